The predicted octanol–water partition coefficient (Wildman–Crippen LogP) is 2.86. The summed E-state index contributed by atoms with van der Waals surface area (Å²) in [4.78, 5) is 2.64. The first kappa shape index (κ1) is 14.3. The van der Waals surface area contributed by atoms with Gasteiger partial charge in [0.1, 0.15) is 0 Å². The fraction of sp³-hybridized carbons (Fsp3) is 0.438. The van der Waals surface area contributed by atoms with Crippen molar-refractivity contribution in [2.24, 2.45) is 22.4 Å². The van der Waals surface area contributed by atoms with Crippen molar-refractivity contribution in [1.82, 2.24) is 4.83 Å². The van der Waals surface area contributed by atoms with Crippen LogP contribution in [0, 0.1) is 24.2 Å². The van der Waals surface area contributed by atoms with Crippen LogP contribution in [0.25, 0.3) is 0 Å². The minimum absolute atomic E-state index is 0.0620. The molecule has 0 aliphatic heterocycles. The molecular weight excluding hydrogens is 284 g/mol. The Morgan fingerprint density at radius 2 is 1.90 bits per heavy atom. The summed E-state index contributed by atoms with van der Waals surface area (Å²) in [5.41, 5.74) is 1.92. The van der Waals surface area contributed by atoms with Gasteiger partial charge >= 0.3 is 0 Å². The largest absolute Gasteiger partial charge is 0.276 e. The molecule has 5 heteroatoms. The minimum Gasteiger partial charge on any atom is -0.200 e. The number of aryl methyl sites for hydroxylation is 1. The number of rotatable bonds is 3. The lowest BCUT2D eigenvalue weighted by molar-refractivity contribution is 0.234. The third-order valence-electron chi connectivity index (χ3n) is 4.63. The van der Waals surface area contributed by atoms with Gasteiger partial charge < -0.3 is 0 Å². The molecule has 2 atom stereocenters. The van der Waals surface area contributed by atoms with E-state index in [1.807, 2.05) is 6.92 Å². The first-order chi connectivity index (χ1) is 9.82. The molecule has 4 nitrogen and oxygen atoms in total. The maximum Gasteiger partial charge on any atom is 0.276 e. The van der Waals surface area contributed by atoms with Crippen LogP contribution in [0.5, 0.6) is 0 Å². The Morgan fingerprint density at radius 3 is 2.57 bits per heavy atom. The fourth-order valence-electron chi connectivity index (χ4n) is 3.34. The Labute approximate surface area is 126 Å². The van der Waals surface area contributed by atoms with Gasteiger partial charge in [-0.1, -0.05) is 43.7 Å². The van der Waals surface area contributed by atoms with Crippen LogP contribution < -0.4 is 4.83 Å². The van der Waals surface area contributed by atoms with Crippen LogP contribution in [0.4, 0.5) is 0 Å². The zero-order valence-corrected chi connectivity index (χ0v) is 13.3. The van der Waals surface area contributed by atoms with Gasteiger partial charge in [0.2, 0.25) is 0 Å². The first-order valence-electron chi connectivity index (χ1n) is 7.15. The van der Waals surface area contributed by atoms with Gasteiger partial charge in [0, 0.05) is 17.0 Å². The molecule has 1 saturated carbocycles. The second-order valence-corrected chi connectivity index (χ2v) is 8.08. The number of sulfonamides is 1. The molecule has 0 unspecified atom stereocenters. The maximum atomic E-state index is 12.3. The van der Waals surface area contributed by atoms with Gasteiger partial charge in [0.25, 0.3) is 10.0 Å². The molecule has 0 radical (unpaired) electrons. The Kier molecular flexibility index (Phi) is 3.20. The molecular formula is C16H20N2O2S. The average molecular weight is 304 g/mol. The van der Waals surface area contributed by atoms with Crippen LogP contribution in [0.3, 0.4) is 0 Å². The lowest BCUT2D eigenvalue weighted by Crippen LogP contribution is -2.52. The highest BCUT2D eigenvalue weighted by Crippen LogP contribution is 2.53. The highest BCUT2D eigenvalue weighted by Gasteiger charge is 2.53. The van der Waals surface area contributed by atoms with E-state index in [2.05, 4.69) is 35.9 Å². The van der Waals surface area contributed by atoms with Crippen LogP contribution in [-0.4, -0.2) is 14.1 Å². The predicted molar refractivity (Wildman–Crippen MR) is 83.5 cm³/mol. The smallest absolute Gasteiger partial charge is 0.200 e. The number of nitrogens with zero attached hydrogens (tertiary/aromatic N) is 1. The van der Waals surface area contributed by atoms with Crippen molar-refractivity contribution in [3.8, 4) is 0 Å². The van der Waals surface area contributed by atoms with Crippen molar-refractivity contribution in [2.75, 3.05) is 0 Å². The molecule has 112 valence electrons. The molecule has 0 amide bonds. The maximum absolute atomic E-state index is 12.3. The molecule has 2 aliphatic carbocycles. The van der Waals surface area contributed by atoms with E-state index in [1.54, 1.807) is 24.3 Å². The van der Waals surface area contributed by atoms with Gasteiger partial charge in [-0.3, -0.25) is 0 Å². The molecule has 0 heterocycles. The zero-order chi connectivity index (χ0) is 15.3. The molecule has 0 bridgehead atoms. The first-order valence-corrected chi connectivity index (χ1v) is 8.64. The van der Waals surface area contributed by atoms with E-state index < -0.39 is 10.0 Å². The summed E-state index contributed by atoms with van der Waals surface area (Å²) in [7, 11) is -3.59. The van der Waals surface area contributed by atoms with Crippen molar-refractivity contribution in [3.63, 3.8) is 0 Å². The zero-order valence-electron chi connectivity index (χ0n) is 12.5. The second-order valence-electron chi connectivity index (χ2n) is 6.42. The molecule has 1 fully saturated rings. The molecule has 21 heavy (non-hydrogen) atoms. The summed E-state index contributed by atoms with van der Waals surface area (Å²) in [6, 6.07) is 6.77. The summed E-state index contributed by atoms with van der Waals surface area (Å²) in [5, 5.41) is 4.23. The normalized spacial score (nSPS) is 28.2. The standard InChI is InChI=1S/C16H20N2O2S/c1-11-7-9-12(10-8-11)21(19,20)18-17-15-13-5-4-6-14(13)16(15,2)3/h4,6-10,13-14,18H,5H2,1-3H3/b17-15+/t13-,14-/m0/s1. The van der Waals surface area contributed by atoms with E-state index in [4.69, 9.17) is 0 Å². The number of benzene rings is 1. The molecule has 2 aliphatic rings. The topological polar surface area (TPSA) is 58.5 Å². The lowest BCUT2D eigenvalue weighted by Gasteiger charge is -2.48. The third kappa shape index (κ3) is 2.29. The average Bonchev–Trinajstić information content (AvgIpc) is 2.85. The minimum atomic E-state index is -3.59. The molecule has 3 rings (SSSR count). The van der Waals surface area contributed by atoms with Crippen LogP contribution in [-0.2, 0) is 10.0 Å². The van der Waals surface area contributed by atoms with Gasteiger partial charge in [-0.25, -0.2) is 4.83 Å². The van der Waals surface area contributed by atoms with Crippen LogP contribution in [0.2, 0.25) is 0 Å². The number of hydrazone groups is 1. The summed E-state index contributed by atoms with van der Waals surface area (Å²) >= 11 is 0. The van der Waals surface area contributed by atoms with E-state index in [1.165, 1.54) is 0 Å². The highest BCUT2D eigenvalue weighted by atomic mass is 32.2. The molecule has 0 saturated heterocycles. The fourth-order valence-corrected chi connectivity index (χ4v) is 4.15. The van der Waals surface area contributed by atoms with E-state index in [0.717, 1.165) is 17.7 Å². The number of hydrogen-bond acceptors (Lipinski definition) is 3. The van der Waals surface area contributed by atoms with E-state index in [0.29, 0.717) is 11.8 Å². The van der Waals surface area contributed by atoms with Gasteiger partial charge in [-0.2, -0.15) is 13.5 Å². The van der Waals surface area contributed by atoms with Gasteiger partial charge in [-0.15, -0.1) is 0 Å². The van der Waals surface area contributed by atoms with E-state index >= 15 is 0 Å². The summed E-state index contributed by atoms with van der Waals surface area (Å²) in [5.74, 6) is 0.848. The molecule has 0 aromatic heterocycles. The Bertz CT molecular complexity index is 715. The Hall–Kier alpha value is -1.62. The van der Waals surface area contributed by atoms with Gasteiger partial charge in [-0.05, 0) is 31.4 Å². The van der Waals surface area contributed by atoms with Crippen molar-refractivity contribution in [3.05, 3.63) is 42.0 Å². The second kappa shape index (κ2) is 4.70. The number of allylic oxidation sites excluding steroid dienone is 2. The lowest BCUT2D eigenvalue weighted by atomic mass is 9.55. The molecule has 1 aromatic rings. The summed E-state index contributed by atoms with van der Waals surface area (Å²) in [6.07, 6.45) is 5.34. The summed E-state index contributed by atoms with van der Waals surface area (Å²) < 4.78 is 24.5. The van der Waals surface area contributed by atoms with Gasteiger partial charge in [0.15, 0.2) is 0 Å². The van der Waals surface area contributed by atoms with Crippen molar-refractivity contribution in [1.29, 1.82) is 0 Å². The quantitative estimate of drug-likeness (QED) is 0.689. The van der Waals surface area contributed by atoms with Gasteiger partial charge in [0.05, 0.1) is 4.90 Å². The van der Waals surface area contributed by atoms with Crippen molar-refractivity contribution < 1.29 is 8.42 Å². The third-order valence-corrected chi connectivity index (χ3v) is 5.85. The van der Waals surface area contributed by atoms with Crippen molar-refractivity contribution >= 4 is 15.7 Å². The van der Waals surface area contributed by atoms with Crippen LogP contribution >= 0.6 is 0 Å². The number of hydrogen-bond donors (Lipinski definition) is 1. The highest BCUT2D eigenvalue weighted by molar-refractivity contribution is 7.89. The number of fused-ring (bicyclic) bond motifs is 1. The molecule has 1 aromatic carbocycles. The molecule has 1 N–H and O–H groups in total. The monoisotopic (exact) mass is 304 g/mol. The summed E-state index contributed by atoms with van der Waals surface area (Å²) in [6.45, 7) is 6.15. The van der Waals surface area contributed by atoms with E-state index in [-0.39, 0.29) is 10.3 Å². The van der Waals surface area contributed by atoms with E-state index in [9.17, 15) is 8.42 Å². The Balaban J connectivity index is 1.81. The van der Waals surface area contributed by atoms with Crippen LogP contribution in [0.1, 0.15) is 25.8 Å². The Morgan fingerprint density at radius 1 is 1.24 bits per heavy atom. The van der Waals surface area contributed by atoms with Crippen LogP contribution in [0.15, 0.2) is 46.4 Å². The molecule has 0 spiro atoms. The SMILES string of the molecule is Cc1ccc(S(=O)(=O)N/N=C2\[C@H]3CC=C[C@@H]3C2(C)C)cc1. The van der Waals surface area contributed by atoms with Crippen molar-refractivity contribution in [2.45, 2.75) is 32.1 Å². The number of nitrogens with one attached hydrogen (secondary N) is 1.